The standard InChI is InChI=1S/C28H28ClN3O/c29-23-15-13-21(14-16-23)28-31-24-11-4-5-12-25(24)32(28)26(27(30)33)22-10-6-9-20(18-22)17-19-7-2-1-3-8-19/h1-5,7-8,11-16,20,22,26H,6,9-10,17-18H2,(H2,30,33). The highest BCUT2D eigenvalue weighted by Gasteiger charge is 2.35. The van der Waals surface area contributed by atoms with Gasteiger partial charge in [0.1, 0.15) is 11.9 Å². The van der Waals surface area contributed by atoms with E-state index in [1.54, 1.807) is 0 Å². The topological polar surface area (TPSA) is 60.9 Å². The van der Waals surface area contributed by atoms with Gasteiger partial charge in [-0.05, 0) is 73.1 Å². The summed E-state index contributed by atoms with van der Waals surface area (Å²) in [4.78, 5) is 17.9. The van der Waals surface area contributed by atoms with Crippen molar-refractivity contribution in [3.63, 3.8) is 0 Å². The van der Waals surface area contributed by atoms with Crippen molar-refractivity contribution < 1.29 is 4.79 Å². The van der Waals surface area contributed by atoms with Gasteiger partial charge in [0.05, 0.1) is 11.0 Å². The molecular formula is C28H28ClN3O. The molecule has 3 unspecified atom stereocenters. The van der Waals surface area contributed by atoms with Crippen molar-refractivity contribution in [1.29, 1.82) is 0 Å². The number of benzene rings is 3. The van der Waals surface area contributed by atoms with E-state index in [1.807, 2.05) is 48.5 Å². The van der Waals surface area contributed by atoms with Crippen molar-refractivity contribution in [2.24, 2.45) is 17.6 Å². The molecule has 5 heteroatoms. The fraction of sp³-hybridized carbons (Fsp3) is 0.286. The van der Waals surface area contributed by atoms with Crippen LogP contribution < -0.4 is 5.73 Å². The molecule has 3 aromatic carbocycles. The normalized spacial score (nSPS) is 19.4. The maximum atomic E-state index is 13.0. The van der Waals surface area contributed by atoms with Crippen LogP contribution in [0.5, 0.6) is 0 Å². The third-order valence-electron chi connectivity index (χ3n) is 6.90. The second-order valence-corrected chi connectivity index (χ2v) is 9.57. The van der Waals surface area contributed by atoms with E-state index < -0.39 is 6.04 Å². The summed E-state index contributed by atoms with van der Waals surface area (Å²) in [5.41, 5.74) is 10.2. The second kappa shape index (κ2) is 9.40. The van der Waals surface area contributed by atoms with Gasteiger partial charge in [-0.2, -0.15) is 0 Å². The summed E-state index contributed by atoms with van der Waals surface area (Å²) in [5, 5.41) is 0.670. The summed E-state index contributed by atoms with van der Waals surface area (Å²) in [7, 11) is 0. The van der Waals surface area contributed by atoms with E-state index in [9.17, 15) is 4.79 Å². The van der Waals surface area contributed by atoms with Gasteiger partial charge in [0.25, 0.3) is 0 Å². The van der Waals surface area contributed by atoms with Gasteiger partial charge in [-0.3, -0.25) is 4.79 Å². The number of nitrogens with zero attached hydrogens (tertiary/aromatic N) is 2. The highest BCUT2D eigenvalue weighted by atomic mass is 35.5. The van der Waals surface area contributed by atoms with Crippen LogP contribution in [0.3, 0.4) is 0 Å². The zero-order chi connectivity index (χ0) is 22.8. The minimum absolute atomic E-state index is 0.175. The monoisotopic (exact) mass is 457 g/mol. The van der Waals surface area contributed by atoms with Crippen LogP contribution in [0.25, 0.3) is 22.4 Å². The number of aromatic nitrogens is 2. The highest BCUT2D eigenvalue weighted by molar-refractivity contribution is 6.30. The van der Waals surface area contributed by atoms with Gasteiger partial charge in [0, 0.05) is 10.6 Å². The van der Waals surface area contributed by atoms with Gasteiger partial charge in [-0.1, -0.05) is 66.9 Å². The van der Waals surface area contributed by atoms with Crippen molar-refractivity contribution in [2.75, 3.05) is 0 Å². The molecule has 1 saturated carbocycles. The van der Waals surface area contributed by atoms with Crippen molar-refractivity contribution in [3.8, 4) is 11.4 Å². The summed E-state index contributed by atoms with van der Waals surface area (Å²) < 4.78 is 2.08. The Morgan fingerprint density at radius 2 is 1.73 bits per heavy atom. The van der Waals surface area contributed by atoms with E-state index >= 15 is 0 Å². The lowest BCUT2D eigenvalue weighted by atomic mass is 9.75. The van der Waals surface area contributed by atoms with E-state index in [1.165, 1.54) is 12.0 Å². The third kappa shape index (κ3) is 4.53. The first-order valence-corrected chi connectivity index (χ1v) is 12.0. The predicted octanol–water partition coefficient (Wildman–Crippen LogP) is 6.43. The summed E-state index contributed by atoms with van der Waals surface area (Å²) in [6.07, 6.45) is 5.30. The zero-order valence-electron chi connectivity index (χ0n) is 18.5. The third-order valence-corrected chi connectivity index (χ3v) is 7.16. The number of carbonyl (C=O) groups is 1. The summed E-state index contributed by atoms with van der Waals surface area (Å²) >= 11 is 6.13. The van der Waals surface area contributed by atoms with Crippen LogP contribution in [0.4, 0.5) is 0 Å². The van der Waals surface area contributed by atoms with E-state index in [4.69, 9.17) is 22.3 Å². The van der Waals surface area contributed by atoms with Gasteiger partial charge in [-0.15, -0.1) is 0 Å². The molecular weight excluding hydrogens is 430 g/mol. The van der Waals surface area contributed by atoms with E-state index in [-0.39, 0.29) is 11.8 Å². The fourth-order valence-electron chi connectivity index (χ4n) is 5.45. The lowest BCUT2D eigenvalue weighted by molar-refractivity contribution is -0.123. The van der Waals surface area contributed by atoms with Crippen molar-refractivity contribution in [1.82, 2.24) is 9.55 Å². The largest absolute Gasteiger partial charge is 0.368 e. The van der Waals surface area contributed by atoms with Crippen molar-refractivity contribution in [2.45, 2.75) is 38.1 Å². The molecule has 3 atom stereocenters. The van der Waals surface area contributed by atoms with Crippen LogP contribution in [0.15, 0.2) is 78.9 Å². The molecule has 33 heavy (non-hydrogen) atoms. The van der Waals surface area contributed by atoms with Crippen molar-refractivity contribution in [3.05, 3.63) is 89.4 Å². The number of primary amides is 1. The Bertz CT molecular complexity index is 1250. The average molecular weight is 458 g/mol. The average Bonchev–Trinajstić information content (AvgIpc) is 3.20. The molecule has 4 aromatic rings. The van der Waals surface area contributed by atoms with Gasteiger partial charge in [-0.25, -0.2) is 4.98 Å². The minimum Gasteiger partial charge on any atom is -0.368 e. The summed E-state index contributed by atoms with van der Waals surface area (Å²) in [5.74, 6) is 1.19. The van der Waals surface area contributed by atoms with Gasteiger partial charge in [0.15, 0.2) is 0 Å². The van der Waals surface area contributed by atoms with Crippen LogP contribution in [0.1, 0.15) is 37.3 Å². The number of para-hydroxylation sites is 2. The molecule has 1 fully saturated rings. The number of carbonyl (C=O) groups excluding carboxylic acids is 1. The van der Waals surface area contributed by atoms with E-state index in [0.29, 0.717) is 10.9 Å². The van der Waals surface area contributed by atoms with Crippen LogP contribution in [0, 0.1) is 11.8 Å². The van der Waals surface area contributed by atoms with E-state index in [0.717, 1.165) is 48.1 Å². The summed E-state index contributed by atoms with van der Waals surface area (Å²) in [6, 6.07) is 25.8. The number of hydrogen-bond donors (Lipinski definition) is 1. The molecule has 0 aliphatic heterocycles. The predicted molar refractivity (Wildman–Crippen MR) is 134 cm³/mol. The first kappa shape index (κ1) is 21.7. The SMILES string of the molecule is NC(=O)C(C1CCCC(Cc2ccccc2)C1)n1c(-c2ccc(Cl)cc2)nc2ccccc21. The van der Waals surface area contributed by atoms with Gasteiger partial charge >= 0.3 is 0 Å². The number of hydrogen-bond acceptors (Lipinski definition) is 2. The number of fused-ring (bicyclic) bond motifs is 1. The molecule has 0 saturated heterocycles. The summed E-state index contributed by atoms with van der Waals surface area (Å²) in [6.45, 7) is 0. The van der Waals surface area contributed by atoms with Crippen LogP contribution in [-0.4, -0.2) is 15.5 Å². The Labute approximate surface area is 199 Å². The van der Waals surface area contributed by atoms with E-state index in [2.05, 4.69) is 34.9 Å². The smallest absolute Gasteiger partial charge is 0.240 e. The quantitative estimate of drug-likeness (QED) is 0.362. The molecule has 1 aromatic heterocycles. The molecule has 1 amide bonds. The molecule has 1 aliphatic carbocycles. The maximum absolute atomic E-state index is 13.0. The fourth-order valence-corrected chi connectivity index (χ4v) is 5.58. The lowest BCUT2D eigenvalue weighted by Crippen LogP contribution is -2.36. The van der Waals surface area contributed by atoms with Gasteiger partial charge in [0.2, 0.25) is 5.91 Å². The Hall–Kier alpha value is -3.11. The van der Waals surface area contributed by atoms with Crippen molar-refractivity contribution >= 4 is 28.5 Å². The molecule has 1 heterocycles. The number of nitrogens with two attached hydrogens (primary N) is 1. The number of imidazole rings is 1. The molecule has 0 bridgehead atoms. The molecule has 5 rings (SSSR count). The highest BCUT2D eigenvalue weighted by Crippen LogP contribution is 2.41. The Balaban J connectivity index is 1.54. The molecule has 0 spiro atoms. The Morgan fingerprint density at radius 1 is 1.00 bits per heavy atom. The number of rotatable bonds is 6. The number of amides is 1. The molecule has 4 nitrogen and oxygen atoms in total. The molecule has 2 N–H and O–H groups in total. The number of halogens is 1. The zero-order valence-corrected chi connectivity index (χ0v) is 19.3. The first-order valence-electron chi connectivity index (χ1n) is 11.7. The van der Waals surface area contributed by atoms with Crippen LogP contribution in [-0.2, 0) is 11.2 Å². The minimum atomic E-state index is -0.443. The van der Waals surface area contributed by atoms with Crippen LogP contribution in [0.2, 0.25) is 5.02 Å². The Kier molecular flexibility index (Phi) is 6.19. The second-order valence-electron chi connectivity index (χ2n) is 9.13. The molecule has 168 valence electrons. The van der Waals surface area contributed by atoms with Gasteiger partial charge < -0.3 is 10.3 Å². The Morgan fingerprint density at radius 3 is 2.48 bits per heavy atom. The maximum Gasteiger partial charge on any atom is 0.240 e. The lowest BCUT2D eigenvalue weighted by Gasteiger charge is -2.35. The first-order chi connectivity index (χ1) is 16.1. The molecule has 1 aliphatic rings. The molecule has 0 radical (unpaired) electrons. The van der Waals surface area contributed by atoms with Crippen LogP contribution >= 0.6 is 11.6 Å².